The largest absolute Gasteiger partial charge is 0.224 e. The summed E-state index contributed by atoms with van der Waals surface area (Å²) in [4.78, 5) is 9.63. The van der Waals surface area contributed by atoms with Gasteiger partial charge in [0.1, 0.15) is 0 Å². The average Bonchev–Trinajstić information content (AvgIpc) is 1.68. The van der Waals surface area contributed by atoms with Crippen LogP contribution in [-0.2, 0) is 4.79 Å². The van der Waals surface area contributed by atoms with Crippen molar-refractivity contribution in [3.05, 3.63) is 11.3 Å². The monoisotopic (exact) mass is 110 g/mol. The molecule has 0 atom stereocenters. The molecule has 0 amide bonds. The summed E-state index contributed by atoms with van der Waals surface area (Å²) in [5, 5.41) is 0. The van der Waals surface area contributed by atoms with Gasteiger partial charge in [-0.1, -0.05) is 13.3 Å². The van der Waals surface area contributed by atoms with Crippen molar-refractivity contribution in [3.63, 3.8) is 0 Å². The highest BCUT2D eigenvalue weighted by Crippen LogP contribution is 1.98. The van der Waals surface area contributed by atoms with Crippen molar-refractivity contribution in [1.82, 2.24) is 0 Å². The van der Waals surface area contributed by atoms with Crippen molar-refractivity contribution < 1.29 is 4.79 Å². The quantitative estimate of drug-likeness (QED) is 0.390. The Labute approximate surface area is 49.7 Å². The second kappa shape index (κ2) is 4.39. The van der Waals surface area contributed by atoms with Crippen LogP contribution in [0.1, 0.15) is 26.7 Å². The maximum atomic E-state index is 9.63. The van der Waals surface area contributed by atoms with Crippen LogP contribution in [0.15, 0.2) is 11.3 Å². The van der Waals surface area contributed by atoms with E-state index in [0.29, 0.717) is 0 Å². The van der Waals surface area contributed by atoms with Crippen LogP contribution in [0.3, 0.4) is 0 Å². The Morgan fingerprint density at radius 3 is 2.62 bits per heavy atom. The van der Waals surface area contributed by atoms with E-state index in [-0.39, 0.29) is 0 Å². The molecule has 0 aliphatic carbocycles. The molecule has 0 fully saturated rings. The zero-order chi connectivity index (χ0) is 6.41. The summed E-state index contributed by atoms with van der Waals surface area (Å²) < 4.78 is 0. The second-order valence-electron chi connectivity index (χ2n) is 1.76. The van der Waals surface area contributed by atoms with E-state index >= 15 is 0 Å². The van der Waals surface area contributed by atoms with Gasteiger partial charge in [0.2, 0.25) is 0 Å². The van der Waals surface area contributed by atoms with Crippen LogP contribution in [0.4, 0.5) is 0 Å². The van der Waals surface area contributed by atoms with E-state index in [2.05, 4.69) is 12.7 Å². The van der Waals surface area contributed by atoms with Crippen LogP contribution in [0.25, 0.3) is 0 Å². The first-order chi connectivity index (χ1) is 3.81. The lowest BCUT2D eigenvalue weighted by Gasteiger charge is -1.86. The normalized spacial score (nSPS) is 7.25. The van der Waals surface area contributed by atoms with Crippen molar-refractivity contribution in [3.8, 4) is 0 Å². The predicted octanol–water partition coefficient (Wildman–Crippen LogP) is 1.72. The van der Waals surface area contributed by atoms with Crippen molar-refractivity contribution in [2.24, 2.45) is 0 Å². The van der Waals surface area contributed by atoms with Gasteiger partial charge in [0.25, 0.3) is 0 Å². The lowest BCUT2D eigenvalue weighted by Crippen LogP contribution is -1.69. The fourth-order valence-corrected chi connectivity index (χ4v) is 0.525. The molecule has 0 unspecified atom stereocenters. The Morgan fingerprint density at radius 1 is 1.62 bits per heavy atom. The van der Waals surface area contributed by atoms with Gasteiger partial charge in [-0.05, 0) is 24.6 Å². The molecule has 0 aliphatic heterocycles. The number of allylic oxidation sites excluding steroid dienone is 1. The van der Waals surface area contributed by atoms with Crippen LogP contribution in [0.2, 0.25) is 0 Å². The standard InChI is InChI=1S/C7H10O/c1-3-4-7(2)5-6-8/h3-4H2,1-2H3. The predicted molar refractivity (Wildman–Crippen MR) is 33.3 cm³/mol. The first kappa shape index (κ1) is 7.23. The number of hydrogen-bond donors (Lipinski definition) is 0. The van der Waals surface area contributed by atoms with Gasteiger partial charge in [-0.15, -0.1) is 0 Å². The molecular weight excluding hydrogens is 100 g/mol. The lowest BCUT2D eigenvalue weighted by atomic mass is 10.2. The maximum Gasteiger partial charge on any atom is 0.177 e. The van der Waals surface area contributed by atoms with Crippen molar-refractivity contribution in [2.75, 3.05) is 0 Å². The summed E-state index contributed by atoms with van der Waals surface area (Å²) in [6.07, 6.45) is 2.02. The Hall–Kier alpha value is -0.770. The zero-order valence-electron chi connectivity index (χ0n) is 5.32. The van der Waals surface area contributed by atoms with Gasteiger partial charge in [-0.25, -0.2) is 4.79 Å². The fourth-order valence-electron chi connectivity index (χ4n) is 0.525. The molecular formula is C7H10O. The van der Waals surface area contributed by atoms with Gasteiger partial charge in [0.05, 0.1) is 0 Å². The highest BCUT2D eigenvalue weighted by Gasteiger charge is 1.81. The Kier molecular flexibility index (Phi) is 3.97. The summed E-state index contributed by atoms with van der Waals surface area (Å²) in [6, 6.07) is 0. The van der Waals surface area contributed by atoms with E-state index in [1.165, 1.54) is 0 Å². The molecule has 0 heterocycles. The van der Waals surface area contributed by atoms with Gasteiger partial charge in [-0.2, -0.15) is 0 Å². The summed E-state index contributed by atoms with van der Waals surface area (Å²) in [6.45, 7) is 3.95. The lowest BCUT2D eigenvalue weighted by molar-refractivity contribution is 0.569. The van der Waals surface area contributed by atoms with E-state index in [9.17, 15) is 4.79 Å². The highest BCUT2D eigenvalue weighted by atomic mass is 16.1. The van der Waals surface area contributed by atoms with Crippen LogP contribution in [0, 0.1) is 0 Å². The minimum absolute atomic E-state index is 0.954. The molecule has 0 aromatic rings. The van der Waals surface area contributed by atoms with Gasteiger partial charge in [0.15, 0.2) is 5.94 Å². The van der Waals surface area contributed by atoms with E-state index in [0.717, 1.165) is 18.4 Å². The van der Waals surface area contributed by atoms with Crippen LogP contribution >= 0.6 is 0 Å². The van der Waals surface area contributed by atoms with Crippen molar-refractivity contribution in [1.29, 1.82) is 0 Å². The summed E-state index contributed by atoms with van der Waals surface area (Å²) in [7, 11) is 0. The molecule has 0 rings (SSSR count). The summed E-state index contributed by atoms with van der Waals surface area (Å²) in [5.74, 6) is 1.62. The van der Waals surface area contributed by atoms with Crippen LogP contribution in [0.5, 0.6) is 0 Å². The Morgan fingerprint density at radius 2 is 2.25 bits per heavy atom. The Bertz CT molecular complexity index is 134. The molecule has 0 saturated heterocycles. The SMILES string of the molecule is CCCC(C)=C=C=O. The first-order valence-corrected chi connectivity index (χ1v) is 2.76. The van der Waals surface area contributed by atoms with Crippen molar-refractivity contribution >= 4 is 5.94 Å². The molecule has 0 aromatic carbocycles. The molecule has 1 nitrogen and oxygen atoms in total. The van der Waals surface area contributed by atoms with Gasteiger partial charge < -0.3 is 0 Å². The smallest absolute Gasteiger partial charge is 0.177 e. The fraction of sp³-hybridized carbons (Fsp3) is 0.571. The van der Waals surface area contributed by atoms with E-state index < -0.39 is 0 Å². The first-order valence-electron chi connectivity index (χ1n) is 2.76. The topological polar surface area (TPSA) is 17.1 Å². The van der Waals surface area contributed by atoms with Crippen molar-refractivity contribution in [2.45, 2.75) is 26.7 Å². The molecule has 44 valence electrons. The molecule has 0 N–H and O–H groups in total. The summed E-state index contributed by atoms with van der Waals surface area (Å²) >= 11 is 0. The minimum atomic E-state index is 0.954. The molecule has 0 aliphatic rings. The molecule has 0 saturated carbocycles. The van der Waals surface area contributed by atoms with Gasteiger partial charge in [-0.3, -0.25) is 0 Å². The minimum Gasteiger partial charge on any atom is -0.224 e. The maximum absolute atomic E-state index is 9.63. The van der Waals surface area contributed by atoms with Crippen LogP contribution < -0.4 is 0 Å². The molecule has 8 heavy (non-hydrogen) atoms. The van der Waals surface area contributed by atoms with Gasteiger partial charge in [0, 0.05) is 0 Å². The van der Waals surface area contributed by atoms with Gasteiger partial charge >= 0.3 is 0 Å². The molecule has 0 aromatic heterocycles. The average molecular weight is 110 g/mol. The number of hydrogen-bond acceptors (Lipinski definition) is 1. The molecule has 0 radical (unpaired) electrons. The van der Waals surface area contributed by atoms with E-state index in [1.807, 2.05) is 6.92 Å². The highest BCUT2D eigenvalue weighted by molar-refractivity contribution is 5.44. The van der Waals surface area contributed by atoms with E-state index in [4.69, 9.17) is 0 Å². The zero-order valence-corrected chi connectivity index (χ0v) is 5.32. The molecule has 1 heteroatoms. The number of rotatable bonds is 2. The molecule has 0 spiro atoms. The Balaban J connectivity index is 3.81. The molecule has 0 bridgehead atoms. The third-order valence-electron chi connectivity index (χ3n) is 0.889. The van der Waals surface area contributed by atoms with Crippen LogP contribution in [-0.4, -0.2) is 5.94 Å². The third kappa shape index (κ3) is 3.42. The van der Waals surface area contributed by atoms with E-state index in [1.54, 1.807) is 5.94 Å². The third-order valence-corrected chi connectivity index (χ3v) is 0.889. The second-order valence-corrected chi connectivity index (χ2v) is 1.76. The number of carbonyl (C=O) groups excluding carboxylic acids is 1. The summed E-state index contributed by atoms with van der Waals surface area (Å²) in [5.41, 5.74) is 3.45.